The fraction of sp³-hybridized carbons (Fsp3) is 0.600. The van der Waals surface area contributed by atoms with Crippen LogP contribution < -0.4 is 0 Å². The standard InChI is InChI=1S/C15H20N4O/c1-11-7-15(20-17-11)10-18-12-3-4-13(18)9-14(8-12)19-6-2-5-16-19/h2,5-7,12-14H,3-4,8-10H2,1H3. The number of hydrogen-bond acceptors (Lipinski definition) is 4. The maximum Gasteiger partial charge on any atom is 0.150 e. The monoisotopic (exact) mass is 272 g/mol. The average molecular weight is 272 g/mol. The van der Waals surface area contributed by atoms with Crippen LogP contribution in [0.5, 0.6) is 0 Å². The Balaban J connectivity index is 1.49. The Kier molecular flexibility index (Phi) is 2.88. The Morgan fingerprint density at radius 1 is 1.25 bits per heavy atom. The molecule has 2 aliphatic rings. The van der Waals surface area contributed by atoms with Crippen molar-refractivity contribution in [3.8, 4) is 0 Å². The number of piperidine rings is 1. The van der Waals surface area contributed by atoms with Gasteiger partial charge in [0.25, 0.3) is 0 Å². The Hall–Kier alpha value is -1.62. The van der Waals surface area contributed by atoms with Crippen molar-refractivity contribution in [1.29, 1.82) is 0 Å². The van der Waals surface area contributed by atoms with Crippen LogP contribution in [0, 0.1) is 6.92 Å². The van der Waals surface area contributed by atoms with Crippen LogP contribution in [0.1, 0.15) is 43.2 Å². The van der Waals surface area contributed by atoms with Gasteiger partial charge in [0.05, 0.1) is 18.3 Å². The Morgan fingerprint density at radius 3 is 2.65 bits per heavy atom. The molecule has 2 aliphatic heterocycles. The Bertz CT molecular complexity index is 562. The first-order chi connectivity index (χ1) is 9.79. The third kappa shape index (κ3) is 2.06. The summed E-state index contributed by atoms with van der Waals surface area (Å²) in [6.45, 7) is 2.88. The van der Waals surface area contributed by atoms with Crippen molar-refractivity contribution >= 4 is 0 Å². The number of hydrogen-bond donors (Lipinski definition) is 0. The van der Waals surface area contributed by atoms with Crippen LogP contribution in [0.2, 0.25) is 0 Å². The van der Waals surface area contributed by atoms with Gasteiger partial charge in [0.2, 0.25) is 0 Å². The molecule has 4 heterocycles. The molecule has 0 aromatic carbocycles. The average Bonchev–Trinajstić information content (AvgIpc) is 3.13. The first-order valence-electron chi connectivity index (χ1n) is 7.46. The van der Waals surface area contributed by atoms with Gasteiger partial charge in [-0.3, -0.25) is 9.58 Å². The molecule has 2 unspecified atom stereocenters. The van der Waals surface area contributed by atoms with E-state index in [9.17, 15) is 0 Å². The second-order valence-corrected chi connectivity index (χ2v) is 6.10. The molecule has 2 saturated heterocycles. The molecule has 0 amide bonds. The van der Waals surface area contributed by atoms with Gasteiger partial charge in [0.15, 0.2) is 5.76 Å². The first kappa shape index (κ1) is 12.1. The van der Waals surface area contributed by atoms with Crippen LogP contribution in [0.3, 0.4) is 0 Å². The van der Waals surface area contributed by atoms with Gasteiger partial charge in [-0.2, -0.15) is 5.10 Å². The summed E-state index contributed by atoms with van der Waals surface area (Å²) >= 11 is 0. The van der Waals surface area contributed by atoms with E-state index in [1.807, 2.05) is 19.2 Å². The molecule has 0 aliphatic carbocycles. The molecule has 2 fully saturated rings. The van der Waals surface area contributed by atoms with Gasteiger partial charge >= 0.3 is 0 Å². The lowest BCUT2D eigenvalue weighted by molar-refractivity contribution is 0.0856. The molecule has 4 rings (SSSR count). The van der Waals surface area contributed by atoms with Crippen molar-refractivity contribution in [2.75, 3.05) is 0 Å². The first-order valence-corrected chi connectivity index (χ1v) is 7.46. The lowest BCUT2D eigenvalue weighted by Gasteiger charge is -2.38. The SMILES string of the molecule is Cc1cc(CN2C3CCC2CC(n2cccn2)C3)on1. The molecule has 2 aromatic rings. The van der Waals surface area contributed by atoms with E-state index in [4.69, 9.17) is 4.52 Å². The lowest BCUT2D eigenvalue weighted by atomic mass is 9.97. The van der Waals surface area contributed by atoms with Crippen LogP contribution in [0.15, 0.2) is 29.0 Å². The van der Waals surface area contributed by atoms with Crippen molar-refractivity contribution in [3.63, 3.8) is 0 Å². The quantitative estimate of drug-likeness (QED) is 0.861. The largest absolute Gasteiger partial charge is 0.360 e. The summed E-state index contributed by atoms with van der Waals surface area (Å²) in [7, 11) is 0. The Morgan fingerprint density at radius 2 is 2.05 bits per heavy atom. The third-order valence-electron chi connectivity index (χ3n) is 4.77. The van der Waals surface area contributed by atoms with Gasteiger partial charge in [-0.15, -0.1) is 0 Å². The van der Waals surface area contributed by atoms with Gasteiger partial charge in [-0.1, -0.05) is 5.16 Å². The van der Waals surface area contributed by atoms with Gasteiger partial charge in [-0.05, 0) is 38.7 Å². The lowest BCUT2D eigenvalue weighted by Crippen LogP contribution is -2.42. The topological polar surface area (TPSA) is 47.1 Å². The molecule has 5 nitrogen and oxygen atoms in total. The molecule has 2 atom stereocenters. The van der Waals surface area contributed by atoms with Crippen molar-refractivity contribution in [3.05, 3.63) is 36.0 Å². The zero-order chi connectivity index (χ0) is 13.5. The van der Waals surface area contributed by atoms with Gasteiger partial charge in [0, 0.05) is 30.5 Å². The second-order valence-electron chi connectivity index (χ2n) is 6.10. The zero-order valence-electron chi connectivity index (χ0n) is 11.8. The highest BCUT2D eigenvalue weighted by Crippen LogP contribution is 2.41. The maximum absolute atomic E-state index is 5.38. The van der Waals surface area contributed by atoms with E-state index < -0.39 is 0 Å². The van der Waals surface area contributed by atoms with Gasteiger partial charge in [-0.25, -0.2) is 0 Å². The third-order valence-corrected chi connectivity index (χ3v) is 4.77. The minimum absolute atomic E-state index is 0.565. The van der Waals surface area contributed by atoms with Crippen LogP contribution in [0.25, 0.3) is 0 Å². The highest BCUT2D eigenvalue weighted by atomic mass is 16.5. The summed E-state index contributed by atoms with van der Waals surface area (Å²) in [5, 5.41) is 8.41. The summed E-state index contributed by atoms with van der Waals surface area (Å²) in [5.74, 6) is 0.997. The van der Waals surface area contributed by atoms with Gasteiger partial charge < -0.3 is 4.52 Å². The molecular formula is C15H20N4O. The fourth-order valence-electron chi connectivity index (χ4n) is 3.89. The molecule has 2 aromatic heterocycles. The summed E-state index contributed by atoms with van der Waals surface area (Å²) in [5.41, 5.74) is 0.971. The minimum atomic E-state index is 0.565. The van der Waals surface area contributed by atoms with Crippen molar-refractivity contribution in [2.45, 2.75) is 57.3 Å². The predicted molar refractivity (Wildman–Crippen MR) is 74.1 cm³/mol. The van der Waals surface area contributed by atoms with Crippen LogP contribution in [0.4, 0.5) is 0 Å². The summed E-state index contributed by atoms with van der Waals surface area (Å²) in [4.78, 5) is 2.61. The molecule has 5 heteroatoms. The van der Waals surface area contributed by atoms with Crippen molar-refractivity contribution in [2.24, 2.45) is 0 Å². The summed E-state index contributed by atoms with van der Waals surface area (Å²) in [6, 6.07) is 5.96. The molecule has 0 spiro atoms. The van der Waals surface area contributed by atoms with E-state index in [2.05, 4.69) is 32.1 Å². The number of aromatic nitrogens is 3. The van der Waals surface area contributed by atoms with Crippen LogP contribution in [-0.2, 0) is 6.54 Å². The van der Waals surface area contributed by atoms with Gasteiger partial charge in [0.1, 0.15) is 0 Å². The van der Waals surface area contributed by atoms with Crippen molar-refractivity contribution < 1.29 is 4.52 Å². The van der Waals surface area contributed by atoms with E-state index in [1.54, 1.807) is 0 Å². The maximum atomic E-state index is 5.38. The van der Waals surface area contributed by atoms with E-state index in [0.717, 1.165) is 18.0 Å². The smallest absolute Gasteiger partial charge is 0.150 e. The summed E-state index contributed by atoms with van der Waals surface area (Å²) < 4.78 is 7.52. The van der Waals surface area contributed by atoms with Crippen molar-refractivity contribution in [1.82, 2.24) is 19.8 Å². The highest BCUT2D eigenvalue weighted by molar-refractivity contribution is 5.06. The van der Waals surface area contributed by atoms with E-state index in [1.165, 1.54) is 25.7 Å². The molecule has 0 saturated carbocycles. The number of nitrogens with zero attached hydrogens (tertiary/aromatic N) is 4. The van der Waals surface area contributed by atoms with Crippen LogP contribution in [-0.4, -0.2) is 31.9 Å². The van der Waals surface area contributed by atoms with E-state index >= 15 is 0 Å². The Labute approximate surface area is 118 Å². The zero-order valence-corrected chi connectivity index (χ0v) is 11.8. The molecule has 0 radical (unpaired) electrons. The minimum Gasteiger partial charge on any atom is -0.360 e. The highest BCUT2D eigenvalue weighted by Gasteiger charge is 2.41. The number of rotatable bonds is 3. The molecule has 2 bridgehead atoms. The molecular weight excluding hydrogens is 252 g/mol. The second kappa shape index (κ2) is 4.74. The van der Waals surface area contributed by atoms with E-state index in [-0.39, 0.29) is 0 Å². The number of fused-ring (bicyclic) bond motifs is 2. The predicted octanol–water partition coefficient (Wildman–Crippen LogP) is 2.55. The molecule has 20 heavy (non-hydrogen) atoms. The number of aryl methyl sites for hydroxylation is 1. The fourth-order valence-corrected chi connectivity index (χ4v) is 3.89. The van der Waals surface area contributed by atoms with Crippen LogP contribution >= 0.6 is 0 Å². The molecule has 106 valence electrons. The summed E-state index contributed by atoms with van der Waals surface area (Å²) in [6.07, 6.45) is 8.98. The van der Waals surface area contributed by atoms with E-state index in [0.29, 0.717) is 18.1 Å². The molecule has 0 N–H and O–H groups in total. The normalized spacial score (nSPS) is 29.9.